The maximum absolute atomic E-state index is 12.6. The summed E-state index contributed by atoms with van der Waals surface area (Å²) in [6, 6.07) is 7.65. The summed E-state index contributed by atoms with van der Waals surface area (Å²) in [5.74, 6) is 0.711. The zero-order chi connectivity index (χ0) is 23.1. The van der Waals surface area contributed by atoms with Gasteiger partial charge in [-0.1, -0.05) is 29.2 Å². The summed E-state index contributed by atoms with van der Waals surface area (Å²) in [4.78, 5) is 28.4. The molecule has 0 radical (unpaired) electrons. The molecule has 2 N–H and O–H groups in total. The average molecular weight is 472 g/mol. The molecule has 0 unspecified atom stereocenters. The molecule has 7 nitrogen and oxygen atoms in total. The smallest absolute Gasteiger partial charge is 0.379 e. The number of urea groups is 1. The van der Waals surface area contributed by atoms with Gasteiger partial charge >= 0.3 is 12.7 Å². The fourth-order valence-corrected chi connectivity index (χ4v) is 6.08. The number of carbonyl (C=O) groups excluding carboxylic acids is 2. The van der Waals surface area contributed by atoms with Crippen LogP contribution >= 0.6 is 0 Å². The Bertz CT molecular complexity index is 956. The molecular weight excluding hydrogens is 445 g/mol. The number of benzene rings is 1. The summed E-state index contributed by atoms with van der Waals surface area (Å²) in [6.07, 6.45) is 4.64. The molecular formula is C21H26F3N4O3S-. The van der Waals surface area contributed by atoms with Gasteiger partial charge in [-0.2, -0.15) is 23.8 Å². The number of hydrogen-bond acceptors (Lipinski definition) is 5. The van der Waals surface area contributed by atoms with Gasteiger partial charge in [0.2, 0.25) is 5.91 Å². The van der Waals surface area contributed by atoms with Crippen molar-refractivity contribution >= 4 is 22.5 Å². The second-order valence-electron chi connectivity index (χ2n) is 9.47. The van der Waals surface area contributed by atoms with Crippen LogP contribution in [0.5, 0.6) is 0 Å². The number of rotatable bonds is 3. The molecule has 4 aliphatic rings. The minimum absolute atomic E-state index is 0.106. The Labute approximate surface area is 186 Å². The summed E-state index contributed by atoms with van der Waals surface area (Å²) >= 11 is 0. The maximum Gasteiger partial charge on any atom is 0.379 e. The Hall–Kier alpha value is -2.30. The van der Waals surface area contributed by atoms with Crippen molar-refractivity contribution in [1.29, 1.82) is 4.78 Å². The molecule has 3 amide bonds. The quantitative estimate of drug-likeness (QED) is 0.663. The molecule has 0 aromatic heterocycles. The summed E-state index contributed by atoms with van der Waals surface area (Å²) in [6.45, 7) is -0.682. The van der Waals surface area contributed by atoms with Crippen molar-refractivity contribution in [3.63, 3.8) is 0 Å². The molecule has 1 aromatic carbocycles. The summed E-state index contributed by atoms with van der Waals surface area (Å²) in [5.41, 5.74) is 1.30. The lowest BCUT2D eigenvalue weighted by Gasteiger charge is -2.61. The number of amides is 3. The zero-order valence-corrected chi connectivity index (χ0v) is 18.3. The van der Waals surface area contributed by atoms with Crippen LogP contribution in [0.3, 0.4) is 0 Å². The van der Waals surface area contributed by atoms with E-state index in [4.69, 9.17) is 4.78 Å². The lowest BCUT2D eigenvalue weighted by molar-refractivity contribution is -0.120. The fraction of sp³-hybridized carbons (Fsp3) is 0.619. The largest absolute Gasteiger partial charge is 0.440 e. The molecule has 3 saturated heterocycles. The third-order valence-electron chi connectivity index (χ3n) is 6.90. The SMILES string of the molecule is FC(F)F.N=[S-](=O)c1cccc(CC2CC3(C2)CN(C(=O)N2CC4(CCC(=O)N4)C2)C3)c1. The first kappa shape index (κ1) is 22.9. The van der Waals surface area contributed by atoms with Gasteiger partial charge in [0, 0.05) is 38.0 Å². The van der Waals surface area contributed by atoms with Crippen molar-refractivity contribution in [1.82, 2.24) is 15.1 Å². The van der Waals surface area contributed by atoms with Crippen LogP contribution in [-0.4, -0.2) is 60.1 Å². The molecule has 5 rings (SSSR count). The molecule has 3 aliphatic heterocycles. The first-order chi connectivity index (χ1) is 15.1. The zero-order valence-electron chi connectivity index (χ0n) is 17.5. The lowest BCUT2D eigenvalue weighted by Crippen LogP contribution is -2.73. The van der Waals surface area contributed by atoms with Gasteiger partial charge in [-0.05, 0) is 37.2 Å². The lowest BCUT2D eigenvalue weighted by atomic mass is 9.56. The number of carbonyl (C=O) groups is 2. The predicted molar refractivity (Wildman–Crippen MR) is 110 cm³/mol. The van der Waals surface area contributed by atoms with Crippen LogP contribution in [0.25, 0.3) is 0 Å². The van der Waals surface area contributed by atoms with Crippen LogP contribution in [0.4, 0.5) is 18.0 Å². The Balaban J connectivity index is 0.000000567. The molecule has 0 bridgehead atoms. The van der Waals surface area contributed by atoms with Crippen molar-refractivity contribution in [2.45, 2.75) is 49.2 Å². The van der Waals surface area contributed by atoms with E-state index in [9.17, 15) is 27.0 Å². The van der Waals surface area contributed by atoms with Gasteiger partial charge in [0.1, 0.15) is 0 Å². The topological polar surface area (TPSA) is 93.6 Å². The second kappa shape index (κ2) is 8.57. The molecule has 1 aliphatic carbocycles. The van der Waals surface area contributed by atoms with E-state index < -0.39 is 17.3 Å². The highest BCUT2D eigenvalue weighted by molar-refractivity contribution is 7.73. The normalized spacial score (nSPS) is 22.8. The van der Waals surface area contributed by atoms with E-state index in [1.165, 1.54) is 0 Å². The fourth-order valence-electron chi connectivity index (χ4n) is 5.62. The van der Waals surface area contributed by atoms with Crippen molar-refractivity contribution in [3.8, 4) is 0 Å². The minimum atomic E-state index is -3.67. The van der Waals surface area contributed by atoms with Gasteiger partial charge < -0.3 is 24.1 Å². The van der Waals surface area contributed by atoms with Crippen LogP contribution in [-0.2, 0) is 26.0 Å². The van der Waals surface area contributed by atoms with Crippen LogP contribution in [0.1, 0.15) is 31.2 Å². The third-order valence-corrected chi connectivity index (χ3v) is 7.58. The van der Waals surface area contributed by atoms with E-state index >= 15 is 0 Å². The number of likely N-dealkylation sites (tertiary alicyclic amines) is 2. The van der Waals surface area contributed by atoms with E-state index in [1.54, 1.807) is 6.07 Å². The van der Waals surface area contributed by atoms with Gasteiger partial charge in [0.15, 0.2) is 0 Å². The van der Waals surface area contributed by atoms with E-state index in [0.29, 0.717) is 35.7 Å². The van der Waals surface area contributed by atoms with Gasteiger partial charge in [0.05, 0.1) is 5.54 Å². The van der Waals surface area contributed by atoms with E-state index in [1.807, 2.05) is 28.0 Å². The van der Waals surface area contributed by atoms with Crippen LogP contribution < -0.4 is 5.32 Å². The second-order valence-corrected chi connectivity index (χ2v) is 10.5. The maximum atomic E-state index is 12.6. The summed E-state index contributed by atoms with van der Waals surface area (Å²) in [5, 5.41) is 3.02. The van der Waals surface area contributed by atoms with Crippen molar-refractivity contribution < 1.29 is 27.0 Å². The highest BCUT2D eigenvalue weighted by Gasteiger charge is 2.56. The van der Waals surface area contributed by atoms with E-state index in [-0.39, 0.29) is 17.5 Å². The van der Waals surface area contributed by atoms with Crippen molar-refractivity contribution in [3.05, 3.63) is 29.8 Å². The number of nitrogens with zero attached hydrogens (tertiary/aromatic N) is 2. The number of alkyl halides is 3. The average Bonchev–Trinajstić information content (AvgIpc) is 3.03. The summed E-state index contributed by atoms with van der Waals surface area (Å²) < 4.78 is 47.7. The van der Waals surface area contributed by atoms with Gasteiger partial charge in [-0.3, -0.25) is 4.79 Å². The van der Waals surface area contributed by atoms with Crippen LogP contribution in [0.2, 0.25) is 0 Å². The first-order valence-corrected chi connectivity index (χ1v) is 11.7. The van der Waals surface area contributed by atoms with Crippen LogP contribution in [0.15, 0.2) is 29.2 Å². The molecule has 1 aromatic rings. The predicted octanol–water partition coefficient (Wildman–Crippen LogP) is 3.29. The molecule has 3 heterocycles. The van der Waals surface area contributed by atoms with Gasteiger partial charge in [-0.15, -0.1) is 0 Å². The Morgan fingerprint density at radius 3 is 2.38 bits per heavy atom. The molecule has 2 spiro atoms. The highest BCUT2D eigenvalue weighted by atomic mass is 32.2. The number of nitrogens with one attached hydrogen (secondary N) is 2. The molecule has 176 valence electrons. The molecule has 11 heteroatoms. The highest BCUT2D eigenvalue weighted by Crippen LogP contribution is 2.53. The van der Waals surface area contributed by atoms with E-state index in [0.717, 1.165) is 44.3 Å². The number of halogens is 3. The third kappa shape index (κ3) is 4.72. The standard InChI is InChI=1S/C20H25N4O3S.CHF3/c21-28(27)16-3-1-2-14(7-16)6-15-8-19(9-15)10-23(11-19)18(26)24-12-20(13-24)5-4-17(25)22-20;2-1(3)4/h1-3,7,15,21H,4-6,8-13H2,(H,22,25);1H/q-1;. The molecule has 4 fully saturated rings. The van der Waals surface area contributed by atoms with E-state index in [2.05, 4.69) is 5.32 Å². The number of hydrogen-bond donors (Lipinski definition) is 2. The monoisotopic (exact) mass is 471 g/mol. The van der Waals surface area contributed by atoms with Crippen LogP contribution in [0, 0.1) is 16.1 Å². The molecule has 1 saturated carbocycles. The summed E-state index contributed by atoms with van der Waals surface area (Å²) in [7, 11) is -1.68. The van der Waals surface area contributed by atoms with Gasteiger partial charge in [-0.25, -0.2) is 4.79 Å². The van der Waals surface area contributed by atoms with Crippen molar-refractivity contribution in [2.75, 3.05) is 26.2 Å². The molecule has 0 atom stereocenters. The Morgan fingerprint density at radius 1 is 1.19 bits per heavy atom. The molecule has 32 heavy (non-hydrogen) atoms. The Kier molecular flexibility index (Phi) is 6.12. The first-order valence-electron chi connectivity index (χ1n) is 10.6. The minimum Gasteiger partial charge on any atom is -0.440 e. The Morgan fingerprint density at radius 2 is 1.81 bits per heavy atom. The van der Waals surface area contributed by atoms with Gasteiger partial charge in [0.25, 0.3) is 0 Å². The van der Waals surface area contributed by atoms with Crippen molar-refractivity contribution in [2.24, 2.45) is 11.3 Å².